The van der Waals surface area contributed by atoms with Crippen LogP contribution in [0.2, 0.25) is 0 Å². The highest BCUT2D eigenvalue weighted by molar-refractivity contribution is 5.90. The quantitative estimate of drug-likeness (QED) is 0.568. The fraction of sp³-hybridized carbons (Fsp3) is 0.346. The minimum atomic E-state index is -1.20. The lowest BCUT2D eigenvalue weighted by molar-refractivity contribution is -0.148. The Morgan fingerprint density at radius 2 is 1.74 bits per heavy atom. The Morgan fingerprint density at radius 1 is 1.12 bits per heavy atom. The lowest BCUT2D eigenvalue weighted by atomic mass is 9.98. The molecule has 1 heterocycles. The number of alkyl carbamates (subject to hydrolysis) is 1. The van der Waals surface area contributed by atoms with Crippen molar-refractivity contribution in [1.82, 2.24) is 10.2 Å². The molecule has 0 radical (unpaired) electrons. The molecule has 1 fully saturated rings. The maximum absolute atomic E-state index is 13.0. The Kier molecular flexibility index (Phi) is 6.85. The molecular weight excluding hydrogens is 436 g/mol. The van der Waals surface area contributed by atoms with E-state index in [1.807, 2.05) is 48.5 Å². The van der Waals surface area contributed by atoms with Crippen molar-refractivity contribution in [3.63, 3.8) is 0 Å². The van der Waals surface area contributed by atoms with Crippen LogP contribution in [0.4, 0.5) is 4.79 Å². The molecule has 3 N–H and O–H groups in total. The van der Waals surface area contributed by atoms with Crippen molar-refractivity contribution in [2.75, 3.05) is 13.2 Å². The fourth-order valence-electron chi connectivity index (χ4n) is 4.68. The third-order valence-corrected chi connectivity index (χ3v) is 6.26. The first-order valence-corrected chi connectivity index (χ1v) is 11.1. The molecule has 0 saturated carbocycles. The number of nitrogens with one attached hydrogen (secondary N) is 1. The van der Waals surface area contributed by atoms with Gasteiger partial charge in [-0.05, 0) is 29.2 Å². The van der Waals surface area contributed by atoms with Gasteiger partial charge in [0.2, 0.25) is 5.91 Å². The van der Waals surface area contributed by atoms with E-state index >= 15 is 0 Å². The number of nitrogens with zero attached hydrogens (tertiary/aromatic N) is 1. The number of carboxylic acid groups (broad SMARTS) is 1. The molecule has 2 amide bonds. The zero-order chi connectivity index (χ0) is 24.2. The zero-order valence-corrected chi connectivity index (χ0v) is 18.7. The number of fused-ring (bicyclic) bond motifs is 3. The predicted molar refractivity (Wildman–Crippen MR) is 124 cm³/mol. The number of aliphatic carboxylic acids is 1. The highest BCUT2D eigenvalue weighted by Crippen LogP contribution is 2.44. The van der Waals surface area contributed by atoms with E-state index in [0.29, 0.717) is 0 Å². The van der Waals surface area contributed by atoms with Crippen LogP contribution in [-0.2, 0) is 14.3 Å². The number of hydrogen-bond acceptors (Lipinski definition) is 5. The molecule has 1 saturated heterocycles. The van der Waals surface area contributed by atoms with Gasteiger partial charge < -0.3 is 25.2 Å². The molecule has 2 aromatic rings. The average Bonchev–Trinajstić information content (AvgIpc) is 3.38. The summed E-state index contributed by atoms with van der Waals surface area (Å²) in [6, 6.07) is 13.7. The highest BCUT2D eigenvalue weighted by Gasteiger charge is 2.41. The van der Waals surface area contributed by atoms with Gasteiger partial charge in [0.15, 0.2) is 0 Å². The summed E-state index contributed by atoms with van der Waals surface area (Å²) in [7, 11) is 0. The zero-order valence-electron chi connectivity index (χ0n) is 18.7. The molecule has 2 aliphatic rings. The number of aliphatic hydroxyl groups excluding tert-OH is 1. The van der Waals surface area contributed by atoms with Gasteiger partial charge in [-0.3, -0.25) is 4.79 Å². The molecule has 0 spiro atoms. The number of benzene rings is 2. The van der Waals surface area contributed by atoms with Crippen molar-refractivity contribution in [2.45, 2.75) is 43.9 Å². The molecular formula is C26H26N2O6. The van der Waals surface area contributed by atoms with Crippen molar-refractivity contribution >= 4 is 18.0 Å². The van der Waals surface area contributed by atoms with E-state index in [9.17, 15) is 24.6 Å². The van der Waals surface area contributed by atoms with Gasteiger partial charge in [0.05, 0.1) is 6.10 Å². The number of likely N-dealkylation sites (tertiary alicyclic amines) is 1. The number of ether oxygens (including phenoxy) is 1. The summed E-state index contributed by atoms with van der Waals surface area (Å²) in [6.07, 6.45) is -1.78. The van der Waals surface area contributed by atoms with E-state index in [0.717, 1.165) is 27.2 Å². The van der Waals surface area contributed by atoms with Crippen LogP contribution < -0.4 is 5.32 Å². The number of hydrogen-bond donors (Lipinski definition) is 3. The van der Waals surface area contributed by atoms with Crippen LogP contribution in [0.25, 0.3) is 11.1 Å². The molecule has 0 aromatic heterocycles. The number of rotatable bonds is 6. The van der Waals surface area contributed by atoms with E-state index in [4.69, 9.17) is 4.74 Å². The summed E-state index contributed by atoms with van der Waals surface area (Å²) < 4.78 is 5.52. The SMILES string of the molecule is CC#CCC(NC(=O)OCC1c2ccccc2-c2ccccc21)C(=O)N1C[C@H](O)C[C@H]1C(=O)O. The van der Waals surface area contributed by atoms with E-state index in [1.165, 1.54) is 0 Å². The first kappa shape index (κ1) is 23.3. The number of amides is 2. The van der Waals surface area contributed by atoms with Crippen molar-refractivity contribution in [3.05, 3.63) is 59.7 Å². The number of carbonyl (C=O) groups is 3. The van der Waals surface area contributed by atoms with Gasteiger partial charge in [-0.1, -0.05) is 48.5 Å². The van der Waals surface area contributed by atoms with E-state index in [1.54, 1.807) is 6.92 Å². The number of β-amino-alcohol motifs (C(OH)–C–C–N with tert-alkyl or cyclic N) is 1. The molecule has 176 valence electrons. The minimum absolute atomic E-state index is 0.00152. The van der Waals surface area contributed by atoms with Gasteiger partial charge in [-0.2, -0.15) is 0 Å². The second kappa shape index (κ2) is 9.98. The summed E-state index contributed by atoms with van der Waals surface area (Å²) >= 11 is 0. The van der Waals surface area contributed by atoms with Crippen LogP contribution in [0.15, 0.2) is 48.5 Å². The highest BCUT2D eigenvalue weighted by atomic mass is 16.5. The van der Waals surface area contributed by atoms with Gasteiger partial charge in [0, 0.05) is 25.3 Å². The molecule has 4 rings (SSSR count). The van der Waals surface area contributed by atoms with Crippen molar-refractivity contribution < 1.29 is 29.3 Å². The van der Waals surface area contributed by atoms with E-state index < -0.39 is 36.2 Å². The average molecular weight is 463 g/mol. The van der Waals surface area contributed by atoms with Crippen molar-refractivity contribution in [3.8, 4) is 23.0 Å². The van der Waals surface area contributed by atoms with Crippen LogP contribution in [0.5, 0.6) is 0 Å². The Labute approximate surface area is 197 Å². The largest absolute Gasteiger partial charge is 0.480 e. The summed E-state index contributed by atoms with van der Waals surface area (Å²) in [5.41, 5.74) is 4.34. The van der Waals surface area contributed by atoms with Crippen LogP contribution >= 0.6 is 0 Å². The third-order valence-electron chi connectivity index (χ3n) is 6.26. The lowest BCUT2D eigenvalue weighted by Gasteiger charge is -2.26. The third kappa shape index (κ3) is 4.61. The molecule has 0 bridgehead atoms. The maximum atomic E-state index is 13.0. The number of aliphatic hydroxyl groups is 1. The Hall–Kier alpha value is -3.83. The second-order valence-electron chi connectivity index (χ2n) is 8.39. The monoisotopic (exact) mass is 462 g/mol. The Bertz CT molecular complexity index is 1120. The second-order valence-corrected chi connectivity index (χ2v) is 8.39. The Morgan fingerprint density at radius 3 is 2.32 bits per heavy atom. The van der Waals surface area contributed by atoms with E-state index in [-0.39, 0.29) is 31.9 Å². The van der Waals surface area contributed by atoms with Gasteiger partial charge in [-0.25, -0.2) is 9.59 Å². The molecule has 34 heavy (non-hydrogen) atoms. The number of carbonyl (C=O) groups excluding carboxylic acids is 2. The molecule has 1 aliphatic carbocycles. The molecule has 2 aromatic carbocycles. The summed E-state index contributed by atoms with van der Waals surface area (Å²) in [4.78, 5) is 38.3. The molecule has 1 aliphatic heterocycles. The van der Waals surface area contributed by atoms with Gasteiger partial charge >= 0.3 is 12.1 Å². The van der Waals surface area contributed by atoms with Crippen LogP contribution in [-0.4, -0.2) is 64.4 Å². The van der Waals surface area contributed by atoms with Crippen LogP contribution in [0.3, 0.4) is 0 Å². The molecule has 8 nitrogen and oxygen atoms in total. The first-order chi connectivity index (χ1) is 16.4. The molecule has 8 heteroatoms. The van der Waals surface area contributed by atoms with Gasteiger partial charge in [0.25, 0.3) is 0 Å². The predicted octanol–water partition coefficient (Wildman–Crippen LogP) is 2.35. The normalized spacial score (nSPS) is 19.4. The van der Waals surface area contributed by atoms with Crippen molar-refractivity contribution in [1.29, 1.82) is 0 Å². The van der Waals surface area contributed by atoms with Crippen LogP contribution in [0.1, 0.15) is 36.8 Å². The fourth-order valence-corrected chi connectivity index (χ4v) is 4.68. The summed E-state index contributed by atoms with van der Waals surface area (Å²) in [6.45, 7) is 1.58. The summed E-state index contributed by atoms with van der Waals surface area (Å²) in [5, 5.41) is 21.8. The summed E-state index contributed by atoms with van der Waals surface area (Å²) in [5.74, 6) is 3.49. The van der Waals surface area contributed by atoms with Crippen LogP contribution in [0, 0.1) is 11.8 Å². The maximum Gasteiger partial charge on any atom is 0.407 e. The van der Waals surface area contributed by atoms with Crippen molar-refractivity contribution in [2.24, 2.45) is 0 Å². The van der Waals surface area contributed by atoms with Gasteiger partial charge in [0.1, 0.15) is 18.7 Å². The smallest absolute Gasteiger partial charge is 0.407 e. The number of carboxylic acids is 1. The standard InChI is InChI=1S/C26H26N2O6/c1-2-3-12-22(24(30)28-14-16(29)13-23(28)25(31)32)27-26(33)34-15-21-19-10-6-4-8-17(19)18-9-5-7-11-20(18)21/h4-11,16,21-23,29H,12-15H2,1H3,(H,27,33)(H,31,32)/t16-,22?,23+/m1/s1. The first-order valence-electron chi connectivity index (χ1n) is 11.1. The minimum Gasteiger partial charge on any atom is -0.480 e. The molecule has 3 atom stereocenters. The Balaban J connectivity index is 1.45. The van der Waals surface area contributed by atoms with E-state index in [2.05, 4.69) is 17.2 Å². The molecule has 1 unspecified atom stereocenters. The van der Waals surface area contributed by atoms with Gasteiger partial charge in [-0.15, -0.1) is 11.8 Å². The lowest BCUT2D eigenvalue weighted by Crippen LogP contribution is -2.52. The topological polar surface area (TPSA) is 116 Å².